The van der Waals surface area contributed by atoms with Crippen molar-refractivity contribution in [2.24, 2.45) is 0 Å². The Balaban J connectivity index is 1.83. The number of aryl methyl sites for hydroxylation is 2. The van der Waals surface area contributed by atoms with Crippen molar-refractivity contribution in [3.8, 4) is 0 Å². The van der Waals surface area contributed by atoms with Crippen LogP contribution in [-0.4, -0.2) is 22.4 Å². The third kappa shape index (κ3) is 4.09. The van der Waals surface area contributed by atoms with Gasteiger partial charge in [0.1, 0.15) is 5.82 Å². The lowest BCUT2D eigenvalue weighted by molar-refractivity contribution is -0.116. The van der Waals surface area contributed by atoms with Gasteiger partial charge in [0.15, 0.2) is 0 Å². The van der Waals surface area contributed by atoms with E-state index in [0.29, 0.717) is 13.0 Å². The molecule has 0 saturated heterocycles. The first-order valence-corrected chi connectivity index (χ1v) is 6.66. The highest BCUT2D eigenvalue weighted by atomic mass is 16.1. The number of nitrogens with one attached hydrogen (secondary N) is 2. The largest absolute Gasteiger partial charge is 0.352 e. The van der Waals surface area contributed by atoms with Gasteiger partial charge in [-0.15, -0.1) is 0 Å². The minimum absolute atomic E-state index is 0.0865. The maximum Gasteiger partial charge on any atom is 0.244 e. The van der Waals surface area contributed by atoms with Gasteiger partial charge >= 0.3 is 0 Å². The normalized spacial score (nSPS) is 10.9. The van der Waals surface area contributed by atoms with Gasteiger partial charge in [0.25, 0.3) is 0 Å². The van der Waals surface area contributed by atoms with E-state index in [0.717, 1.165) is 11.4 Å². The Labute approximate surface area is 118 Å². The molecule has 1 heterocycles. The van der Waals surface area contributed by atoms with E-state index in [1.807, 2.05) is 25.1 Å². The Morgan fingerprint density at radius 2 is 2.25 bits per heavy atom. The third-order valence-electron chi connectivity index (χ3n) is 3.06. The van der Waals surface area contributed by atoms with Crippen LogP contribution < -0.4 is 5.32 Å². The summed E-state index contributed by atoms with van der Waals surface area (Å²) in [6.45, 7) is 4.67. The molecule has 0 bridgehead atoms. The quantitative estimate of drug-likeness (QED) is 0.819. The van der Waals surface area contributed by atoms with Gasteiger partial charge in [-0.05, 0) is 31.1 Å². The molecule has 0 atom stereocenters. The van der Waals surface area contributed by atoms with Gasteiger partial charge in [-0.3, -0.25) is 4.79 Å². The lowest BCUT2D eigenvalue weighted by Gasteiger charge is -2.02. The number of carbonyl (C=O) groups is 1. The second-order valence-corrected chi connectivity index (χ2v) is 4.77. The van der Waals surface area contributed by atoms with E-state index in [2.05, 4.69) is 28.3 Å². The summed E-state index contributed by atoms with van der Waals surface area (Å²) in [7, 11) is 0. The molecule has 0 radical (unpaired) electrons. The second kappa shape index (κ2) is 6.70. The summed E-state index contributed by atoms with van der Waals surface area (Å²) in [6, 6.07) is 6.17. The minimum Gasteiger partial charge on any atom is -0.352 e. The van der Waals surface area contributed by atoms with E-state index in [1.54, 1.807) is 18.5 Å². The number of carbonyl (C=O) groups excluding carboxylic acids is 1. The van der Waals surface area contributed by atoms with Crippen molar-refractivity contribution < 1.29 is 4.79 Å². The summed E-state index contributed by atoms with van der Waals surface area (Å²) in [5.74, 6) is 0.792. The average Bonchev–Trinajstić information content (AvgIpc) is 2.91. The van der Waals surface area contributed by atoms with Gasteiger partial charge in [-0.1, -0.05) is 23.8 Å². The van der Waals surface area contributed by atoms with Gasteiger partial charge in [-0.25, -0.2) is 4.98 Å². The highest BCUT2D eigenvalue weighted by Crippen LogP contribution is 2.11. The molecule has 1 amide bonds. The Bertz CT molecular complexity index is 600. The van der Waals surface area contributed by atoms with E-state index < -0.39 is 0 Å². The van der Waals surface area contributed by atoms with E-state index in [1.165, 1.54) is 11.1 Å². The fraction of sp³-hybridized carbons (Fsp3) is 0.250. The van der Waals surface area contributed by atoms with Crippen LogP contribution in [0.1, 0.15) is 22.5 Å². The second-order valence-electron chi connectivity index (χ2n) is 4.77. The Morgan fingerprint density at radius 3 is 2.95 bits per heavy atom. The molecule has 0 saturated carbocycles. The fourth-order valence-corrected chi connectivity index (χ4v) is 1.98. The molecular weight excluding hydrogens is 250 g/mol. The van der Waals surface area contributed by atoms with Crippen LogP contribution >= 0.6 is 0 Å². The minimum atomic E-state index is -0.0865. The number of nitrogens with zero attached hydrogens (tertiary/aromatic N) is 1. The summed E-state index contributed by atoms with van der Waals surface area (Å²) < 4.78 is 0. The molecule has 4 nitrogen and oxygen atoms in total. The Kier molecular flexibility index (Phi) is 4.71. The van der Waals surface area contributed by atoms with Crippen molar-refractivity contribution in [1.29, 1.82) is 0 Å². The van der Waals surface area contributed by atoms with Crippen molar-refractivity contribution in [3.63, 3.8) is 0 Å². The highest BCUT2D eigenvalue weighted by molar-refractivity contribution is 5.91. The zero-order valence-electron chi connectivity index (χ0n) is 11.8. The average molecular weight is 269 g/mol. The SMILES string of the molecule is Cc1ccc(/C=C/C(=O)NCCc2ncc[nH]2)c(C)c1. The maximum absolute atomic E-state index is 11.7. The van der Waals surface area contributed by atoms with Crippen molar-refractivity contribution in [2.45, 2.75) is 20.3 Å². The number of rotatable bonds is 5. The van der Waals surface area contributed by atoms with Crippen LogP contribution in [0, 0.1) is 13.8 Å². The zero-order valence-corrected chi connectivity index (χ0v) is 11.8. The first kappa shape index (κ1) is 14.1. The standard InChI is InChI=1S/C16H19N3O/c1-12-3-4-14(13(2)11-12)5-6-16(20)19-8-7-15-17-9-10-18-15/h3-6,9-11H,7-8H2,1-2H3,(H,17,18)(H,19,20)/b6-5+. The number of imidazole rings is 1. The first-order chi connectivity index (χ1) is 9.65. The smallest absolute Gasteiger partial charge is 0.244 e. The number of benzene rings is 1. The third-order valence-corrected chi connectivity index (χ3v) is 3.06. The summed E-state index contributed by atoms with van der Waals surface area (Å²) in [5, 5.41) is 2.84. The first-order valence-electron chi connectivity index (χ1n) is 6.66. The van der Waals surface area contributed by atoms with E-state index >= 15 is 0 Å². The molecule has 0 spiro atoms. The summed E-state index contributed by atoms with van der Waals surface area (Å²) in [5.41, 5.74) is 3.46. The topological polar surface area (TPSA) is 57.8 Å². The molecule has 2 aromatic rings. The summed E-state index contributed by atoms with van der Waals surface area (Å²) in [6.07, 6.45) is 7.60. The number of aromatic nitrogens is 2. The van der Waals surface area contributed by atoms with Crippen molar-refractivity contribution in [1.82, 2.24) is 15.3 Å². The van der Waals surface area contributed by atoms with Crippen LogP contribution in [0.2, 0.25) is 0 Å². The molecule has 1 aromatic carbocycles. The maximum atomic E-state index is 11.7. The van der Waals surface area contributed by atoms with Crippen LogP contribution in [0.3, 0.4) is 0 Å². The van der Waals surface area contributed by atoms with Crippen LogP contribution in [0.25, 0.3) is 6.08 Å². The molecule has 0 fully saturated rings. The Hall–Kier alpha value is -2.36. The predicted molar refractivity (Wildman–Crippen MR) is 80.3 cm³/mol. The van der Waals surface area contributed by atoms with Gasteiger partial charge in [0.05, 0.1) is 0 Å². The Morgan fingerprint density at radius 1 is 1.40 bits per heavy atom. The molecule has 0 aliphatic rings. The molecule has 1 aromatic heterocycles. The zero-order chi connectivity index (χ0) is 14.4. The summed E-state index contributed by atoms with van der Waals surface area (Å²) >= 11 is 0. The molecule has 20 heavy (non-hydrogen) atoms. The van der Waals surface area contributed by atoms with E-state index in [4.69, 9.17) is 0 Å². The highest BCUT2D eigenvalue weighted by Gasteiger charge is 1.99. The van der Waals surface area contributed by atoms with Crippen LogP contribution in [-0.2, 0) is 11.2 Å². The van der Waals surface area contributed by atoms with E-state index in [9.17, 15) is 4.79 Å². The molecule has 0 unspecified atom stereocenters. The number of amides is 1. The molecular formula is C16H19N3O. The van der Waals surface area contributed by atoms with Crippen LogP contribution in [0.5, 0.6) is 0 Å². The predicted octanol–water partition coefficient (Wildman–Crippen LogP) is 2.40. The van der Waals surface area contributed by atoms with Gasteiger partial charge in [0.2, 0.25) is 5.91 Å². The molecule has 2 N–H and O–H groups in total. The number of aromatic amines is 1. The molecule has 0 aliphatic heterocycles. The van der Waals surface area contributed by atoms with Crippen molar-refractivity contribution in [2.75, 3.05) is 6.54 Å². The van der Waals surface area contributed by atoms with Crippen LogP contribution in [0.4, 0.5) is 0 Å². The molecule has 2 rings (SSSR count). The number of hydrogen-bond acceptors (Lipinski definition) is 2. The van der Waals surface area contributed by atoms with Gasteiger partial charge in [-0.2, -0.15) is 0 Å². The van der Waals surface area contributed by atoms with Crippen LogP contribution in [0.15, 0.2) is 36.7 Å². The molecule has 0 aliphatic carbocycles. The fourth-order valence-electron chi connectivity index (χ4n) is 1.98. The monoisotopic (exact) mass is 269 g/mol. The number of H-pyrrole nitrogens is 1. The van der Waals surface area contributed by atoms with Crippen molar-refractivity contribution >= 4 is 12.0 Å². The number of hydrogen-bond donors (Lipinski definition) is 2. The lowest BCUT2D eigenvalue weighted by Crippen LogP contribution is -2.23. The molecule has 4 heteroatoms. The molecule has 104 valence electrons. The van der Waals surface area contributed by atoms with Gasteiger partial charge < -0.3 is 10.3 Å². The van der Waals surface area contributed by atoms with E-state index in [-0.39, 0.29) is 5.91 Å². The van der Waals surface area contributed by atoms with Gasteiger partial charge in [0, 0.05) is 31.4 Å². The summed E-state index contributed by atoms with van der Waals surface area (Å²) in [4.78, 5) is 18.8. The lowest BCUT2D eigenvalue weighted by atomic mass is 10.1. The van der Waals surface area contributed by atoms with Crippen molar-refractivity contribution in [3.05, 3.63) is 59.2 Å².